The van der Waals surface area contributed by atoms with E-state index in [-0.39, 0.29) is 5.84 Å². The zero-order valence-corrected chi connectivity index (χ0v) is 15.4. The smallest absolute Gasteiger partial charge is 0.122 e. The fourth-order valence-corrected chi connectivity index (χ4v) is 3.56. The van der Waals surface area contributed by atoms with Gasteiger partial charge in [0.05, 0.1) is 0 Å². The van der Waals surface area contributed by atoms with Crippen LogP contribution in [-0.4, -0.2) is 25.0 Å². The summed E-state index contributed by atoms with van der Waals surface area (Å²) in [6, 6.07) is 20.9. The molecule has 1 saturated heterocycles. The van der Waals surface area contributed by atoms with E-state index < -0.39 is 0 Å². The van der Waals surface area contributed by atoms with Gasteiger partial charge in [0.1, 0.15) is 17.7 Å². The molecule has 0 aliphatic carbocycles. The number of fused-ring (bicyclic) bond motifs is 1. The maximum absolute atomic E-state index is 7.61. The summed E-state index contributed by atoms with van der Waals surface area (Å²) in [5.41, 5.74) is 8.98. The van der Waals surface area contributed by atoms with Crippen molar-refractivity contribution in [2.24, 2.45) is 5.73 Å². The molecule has 0 unspecified atom stereocenters. The van der Waals surface area contributed by atoms with E-state index in [4.69, 9.17) is 15.9 Å². The van der Waals surface area contributed by atoms with Crippen molar-refractivity contribution in [2.45, 2.75) is 25.4 Å². The average molecular weight is 359 g/mol. The minimum atomic E-state index is 0.109. The Bertz CT molecular complexity index is 943. The summed E-state index contributed by atoms with van der Waals surface area (Å²) in [5, 5.41) is 13.2. The van der Waals surface area contributed by atoms with Crippen LogP contribution in [0.15, 0.2) is 60.7 Å². The highest BCUT2D eigenvalue weighted by atomic mass is 16.5. The van der Waals surface area contributed by atoms with Crippen LogP contribution in [0.5, 0.6) is 5.75 Å². The van der Waals surface area contributed by atoms with E-state index in [1.807, 2.05) is 18.2 Å². The van der Waals surface area contributed by atoms with Gasteiger partial charge in [-0.1, -0.05) is 42.5 Å². The summed E-state index contributed by atoms with van der Waals surface area (Å²) >= 11 is 0. The second-order valence-corrected chi connectivity index (χ2v) is 7.19. The first-order chi connectivity index (χ1) is 13.2. The van der Waals surface area contributed by atoms with E-state index in [9.17, 15) is 0 Å². The van der Waals surface area contributed by atoms with Crippen LogP contribution in [0.4, 0.5) is 0 Å². The van der Waals surface area contributed by atoms with Crippen LogP contribution in [0.3, 0.4) is 0 Å². The van der Waals surface area contributed by atoms with Crippen LogP contribution in [0.25, 0.3) is 10.8 Å². The summed E-state index contributed by atoms with van der Waals surface area (Å²) in [4.78, 5) is 0. The van der Waals surface area contributed by atoms with Crippen molar-refractivity contribution in [2.75, 3.05) is 13.1 Å². The molecule has 0 bridgehead atoms. The third kappa shape index (κ3) is 4.29. The largest absolute Gasteiger partial charge is 0.489 e. The van der Waals surface area contributed by atoms with E-state index in [0.717, 1.165) is 49.1 Å². The molecule has 1 heterocycles. The first-order valence-corrected chi connectivity index (χ1v) is 9.51. The summed E-state index contributed by atoms with van der Waals surface area (Å²) in [7, 11) is 0. The number of nitrogen functional groups attached to an aromatic ring is 1. The van der Waals surface area contributed by atoms with Gasteiger partial charge in [-0.3, -0.25) is 5.41 Å². The number of benzene rings is 3. The Morgan fingerprint density at radius 3 is 2.44 bits per heavy atom. The van der Waals surface area contributed by atoms with Crippen LogP contribution < -0.4 is 15.8 Å². The number of hydrogen-bond acceptors (Lipinski definition) is 3. The Kier molecular flexibility index (Phi) is 5.07. The quantitative estimate of drug-likeness (QED) is 0.465. The monoisotopic (exact) mass is 359 g/mol. The second-order valence-electron chi connectivity index (χ2n) is 7.19. The Morgan fingerprint density at radius 2 is 1.70 bits per heavy atom. The molecule has 1 aliphatic rings. The molecule has 1 atom stereocenters. The van der Waals surface area contributed by atoms with Gasteiger partial charge in [0, 0.05) is 12.1 Å². The lowest BCUT2D eigenvalue weighted by molar-refractivity contribution is 0.223. The molecule has 4 nitrogen and oxygen atoms in total. The molecule has 0 aromatic heterocycles. The Labute approximate surface area is 159 Å². The van der Waals surface area contributed by atoms with Gasteiger partial charge in [0.2, 0.25) is 0 Å². The van der Waals surface area contributed by atoms with Crippen molar-refractivity contribution in [3.8, 4) is 5.75 Å². The minimum absolute atomic E-state index is 0.109. The summed E-state index contributed by atoms with van der Waals surface area (Å²) in [5.74, 6) is 1.06. The molecule has 3 aromatic rings. The van der Waals surface area contributed by atoms with Gasteiger partial charge in [-0.2, -0.15) is 0 Å². The third-order valence-corrected chi connectivity index (χ3v) is 5.16. The van der Waals surface area contributed by atoms with Crippen LogP contribution in [-0.2, 0) is 12.8 Å². The number of ether oxygens (including phenoxy) is 1. The molecular weight excluding hydrogens is 334 g/mol. The number of aryl methyl sites for hydroxylation is 2. The van der Waals surface area contributed by atoms with Crippen LogP contribution in [0.1, 0.15) is 23.1 Å². The fourth-order valence-electron chi connectivity index (χ4n) is 3.56. The molecule has 1 fully saturated rings. The number of nitrogens with one attached hydrogen (secondary N) is 2. The normalized spacial score (nSPS) is 16.5. The fraction of sp³-hybridized carbons (Fsp3) is 0.261. The van der Waals surface area contributed by atoms with Crippen molar-refractivity contribution in [1.82, 2.24) is 5.32 Å². The van der Waals surface area contributed by atoms with Gasteiger partial charge in [-0.15, -0.1) is 0 Å². The highest BCUT2D eigenvalue weighted by Gasteiger charge is 2.15. The molecular formula is C23H25N3O. The van der Waals surface area contributed by atoms with Crippen LogP contribution in [0, 0.1) is 5.41 Å². The molecule has 27 heavy (non-hydrogen) atoms. The topological polar surface area (TPSA) is 71.1 Å². The van der Waals surface area contributed by atoms with Gasteiger partial charge in [0.25, 0.3) is 0 Å². The number of amidine groups is 1. The average Bonchev–Trinajstić information content (AvgIpc) is 3.20. The lowest BCUT2D eigenvalue weighted by Crippen LogP contribution is -2.19. The highest BCUT2D eigenvalue weighted by Crippen LogP contribution is 2.20. The lowest BCUT2D eigenvalue weighted by atomic mass is 9.99. The molecule has 0 saturated carbocycles. The standard InChI is InChI=1S/C23H25N3O/c24-23(25)19-8-7-18-6-3-17(13-20(18)14-19)2-1-16-4-9-21(10-5-16)27-22-11-12-26-15-22/h3-10,13-14,22,26H,1-2,11-12,15H2,(H3,24,25)/t22-/m0/s1. The first-order valence-electron chi connectivity index (χ1n) is 9.51. The Balaban J connectivity index is 1.40. The lowest BCUT2D eigenvalue weighted by Gasteiger charge is -2.12. The summed E-state index contributed by atoms with van der Waals surface area (Å²) < 4.78 is 5.98. The maximum atomic E-state index is 7.61. The van der Waals surface area contributed by atoms with Crippen molar-refractivity contribution < 1.29 is 4.74 Å². The first kappa shape index (κ1) is 17.6. The van der Waals surface area contributed by atoms with Crippen molar-refractivity contribution in [3.63, 3.8) is 0 Å². The van der Waals surface area contributed by atoms with E-state index >= 15 is 0 Å². The number of hydrogen-bond donors (Lipinski definition) is 3. The van der Waals surface area contributed by atoms with E-state index in [2.05, 4.69) is 47.8 Å². The number of rotatable bonds is 6. The molecule has 4 N–H and O–H groups in total. The van der Waals surface area contributed by atoms with Gasteiger partial charge < -0.3 is 15.8 Å². The molecule has 1 aliphatic heterocycles. The van der Waals surface area contributed by atoms with Crippen LogP contribution >= 0.6 is 0 Å². The predicted molar refractivity (Wildman–Crippen MR) is 111 cm³/mol. The molecule has 3 aromatic carbocycles. The van der Waals surface area contributed by atoms with E-state index in [1.165, 1.54) is 16.5 Å². The minimum Gasteiger partial charge on any atom is -0.489 e. The Hall–Kier alpha value is -2.85. The SMILES string of the molecule is N=C(N)c1ccc2ccc(CCc3ccc(O[C@H]4CCNC4)cc3)cc2c1. The van der Waals surface area contributed by atoms with Gasteiger partial charge in [0.15, 0.2) is 0 Å². The molecule has 4 rings (SSSR count). The second kappa shape index (κ2) is 7.80. The molecule has 0 amide bonds. The summed E-state index contributed by atoms with van der Waals surface area (Å²) in [6.07, 6.45) is 3.35. The Morgan fingerprint density at radius 1 is 0.963 bits per heavy atom. The van der Waals surface area contributed by atoms with E-state index in [1.54, 1.807) is 0 Å². The van der Waals surface area contributed by atoms with Gasteiger partial charge in [-0.25, -0.2) is 0 Å². The number of nitrogens with two attached hydrogens (primary N) is 1. The maximum Gasteiger partial charge on any atom is 0.122 e. The van der Waals surface area contributed by atoms with Crippen LogP contribution in [0.2, 0.25) is 0 Å². The van der Waals surface area contributed by atoms with Gasteiger partial charge >= 0.3 is 0 Å². The van der Waals surface area contributed by atoms with Gasteiger partial charge in [-0.05, 0) is 65.9 Å². The molecule has 0 spiro atoms. The van der Waals surface area contributed by atoms with Crippen molar-refractivity contribution in [1.29, 1.82) is 5.41 Å². The highest BCUT2D eigenvalue weighted by molar-refractivity contribution is 5.99. The zero-order chi connectivity index (χ0) is 18.6. The zero-order valence-electron chi connectivity index (χ0n) is 15.4. The van der Waals surface area contributed by atoms with Crippen molar-refractivity contribution in [3.05, 3.63) is 77.4 Å². The molecule has 138 valence electrons. The predicted octanol–water partition coefficient (Wildman–Crippen LogP) is 3.65. The molecule has 0 radical (unpaired) electrons. The van der Waals surface area contributed by atoms with E-state index in [0.29, 0.717) is 6.10 Å². The summed E-state index contributed by atoms with van der Waals surface area (Å²) in [6.45, 7) is 1.98. The van der Waals surface area contributed by atoms with Crippen molar-refractivity contribution >= 4 is 16.6 Å². The third-order valence-electron chi connectivity index (χ3n) is 5.16. The molecule has 4 heteroatoms.